The maximum Gasteiger partial charge on any atom is 0.338 e. The first-order chi connectivity index (χ1) is 18.7. The van der Waals surface area contributed by atoms with E-state index in [0.717, 1.165) is 4.90 Å². The van der Waals surface area contributed by atoms with Crippen LogP contribution in [0.25, 0.3) is 0 Å². The van der Waals surface area contributed by atoms with Gasteiger partial charge in [-0.15, -0.1) is 0 Å². The molecule has 0 fully saturated rings. The number of esters is 1. The van der Waals surface area contributed by atoms with Gasteiger partial charge in [-0.2, -0.15) is 0 Å². The Morgan fingerprint density at radius 1 is 0.923 bits per heavy atom. The molecule has 1 heterocycles. The number of hydrogen-bond donors (Lipinski definition) is 2. The highest BCUT2D eigenvalue weighted by molar-refractivity contribution is 6.53. The standard InChI is InChI=1S/C28H23Cl2N3O6/c1-3-12-39-28(37)17-7-5-9-20(14-17)33-26(35)23(30)24(27(33)36)31-19-8-4-6-16(13-19)25(34)32-21-15-18(29)10-11-22(21)38-2/h4-11,13-15,31H,3,12H2,1-2H3,(H,32,34). The van der Waals surface area contributed by atoms with Crippen molar-refractivity contribution in [3.8, 4) is 5.75 Å². The number of benzene rings is 3. The van der Waals surface area contributed by atoms with Gasteiger partial charge in [0, 0.05) is 16.3 Å². The van der Waals surface area contributed by atoms with E-state index in [1.807, 2.05) is 6.92 Å². The molecule has 1 aliphatic heterocycles. The normalized spacial score (nSPS) is 13.0. The summed E-state index contributed by atoms with van der Waals surface area (Å²) in [7, 11) is 1.47. The van der Waals surface area contributed by atoms with Gasteiger partial charge in [-0.05, 0) is 61.0 Å². The van der Waals surface area contributed by atoms with Crippen LogP contribution in [-0.4, -0.2) is 37.4 Å². The van der Waals surface area contributed by atoms with Crippen molar-refractivity contribution >= 4 is 64.0 Å². The number of nitrogens with one attached hydrogen (secondary N) is 2. The van der Waals surface area contributed by atoms with E-state index >= 15 is 0 Å². The number of nitrogens with zero attached hydrogens (tertiary/aromatic N) is 1. The number of amides is 3. The third-order valence-electron chi connectivity index (χ3n) is 5.61. The molecule has 39 heavy (non-hydrogen) atoms. The zero-order valence-electron chi connectivity index (χ0n) is 20.9. The first-order valence-corrected chi connectivity index (χ1v) is 12.6. The molecule has 0 saturated carbocycles. The molecule has 0 bridgehead atoms. The molecule has 200 valence electrons. The maximum absolute atomic E-state index is 13.2. The highest BCUT2D eigenvalue weighted by atomic mass is 35.5. The van der Waals surface area contributed by atoms with Crippen LogP contribution in [0.3, 0.4) is 0 Å². The number of carbonyl (C=O) groups excluding carboxylic acids is 4. The van der Waals surface area contributed by atoms with Gasteiger partial charge in [0.1, 0.15) is 16.5 Å². The minimum atomic E-state index is -0.759. The summed E-state index contributed by atoms with van der Waals surface area (Å²) in [6, 6.07) is 17.1. The molecule has 9 nitrogen and oxygen atoms in total. The molecule has 1 aliphatic rings. The van der Waals surface area contributed by atoms with Crippen LogP contribution in [0, 0.1) is 0 Å². The molecule has 0 radical (unpaired) electrons. The zero-order chi connectivity index (χ0) is 28.1. The van der Waals surface area contributed by atoms with Gasteiger partial charge in [0.15, 0.2) is 0 Å². The van der Waals surface area contributed by atoms with E-state index in [1.54, 1.807) is 36.4 Å². The molecule has 3 amide bonds. The summed E-state index contributed by atoms with van der Waals surface area (Å²) in [6.45, 7) is 2.11. The average molecular weight is 568 g/mol. The lowest BCUT2D eigenvalue weighted by Crippen LogP contribution is -2.32. The molecule has 0 atom stereocenters. The Balaban J connectivity index is 1.53. The molecular weight excluding hydrogens is 545 g/mol. The molecule has 11 heteroatoms. The van der Waals surface area contributed by atoms with Gasteiger partial charge in [0.2, 0.25) is 0 Å². The summed E-state index contributed by atoms with van der Waals surface area (Å²) in [5.74, 6) is -2.08. The van der Waals surface area contributed by atoms with Crippen LogP contribution < -0.4 is 20.3 Å². The maximum atomic E-state index is 13.2. The predicted molar refractivity (Wildman–Crippen MR) is 148 cm³/mol. The number of carbonyl (C=O) groups is 4. The van der Waals surface area contributed by atoms with Crippen molar-refractivity contribution in [2.75, 3.05) is 29.3 Å². The van der Waals surface area contributed by atoms with E-state index < -0.39 is 23.7 Å². The predicted octanol–water partition coefficient (Wildman–Crippen LogP) is 5.60. The number of rotatable bonds is 9. The fourth-order valence-corrected chi connectivity index (χ4v) is 4.14. The summed E-state index contributed by atoms with van der Waals surface area (Å²) in [4.78, 5) is 52.2. The van der Waals surface area contributed by atoms with Crippen molar-refractivity contribution in [1.82, 2.24) is 0 Å². The highest BCUT2D eigenvalue weighted by Crippen LogP contribution is 2.31. The largest absolute Gasteiger partial charge is 0.495 e. The molecule has 2 N–H and O–H groups in total. The molecule has 0 aromatic heterocycles. The van der Waals surface area contributed by atoms with E-state index in [4.69, 9.17) is 32.7 Å². The molecule has 0 spiro atoms. The van der Waals surface area contributed by atoms with Crippen molar-refractivity contribution < 1.29 is 28.7 Å². The first kappa shape index (κ1) is 27.7. The Morgan fingerprint density at radius 3 is 2.41 bits per heavy atom. The summed E-state index contributed by atoms with van der Waals surface area (Å²) < 4.78 is 10.4. The third kappa shape index (κ3) is 6.05. The van der Waals surface area contributed by atoms with Crippen molar-refractivity contribution in [2.45, 2.75) is 13.3 Å². The topological polar surface area (TPSA) is 114 Å². The highest BCUT2D eigenvalue weighted by Gasteiger charge is 2.39. The fraction of sp³-hybridized carbons (Fsp3) is 0.143. The minimum absolute atomic E-state index is 0.162. The second-order valence-corrected chi connectivity index (χ2v) is 9.14. The number of hydrogen-bond acceptors (Lipinski definition) is 7. The quantitative estimate of drug-likeness (QED) is 0.255. The van der Waals surface area contributed by atoms with Gasteiger partial charge < -0.3 is 20.1 Å². The smallest absolute Gasteiger partial charge is 0.338 e. The van der Waals surface area contributed by atoms with Crippen LogP contribution >= 0.6 is 23.2 Å². The van der Waals surface area contributed by atoms with E-state index in [-0.39, 0.29) is 34.2 Å². The van der Waals surface area contributed by atoms with Gasteiger partial charge in [0.05, 0.1) is 30.7 Å². The number of ether oxygens (including phenoxy) is 2. The molecule has 0 aliphatic carbocycles. The summed E-state index contributed by atoms with van der Waals surface area (Å²) in [5, 5.41) is 5.66. The second kappa shape index (κ2) is 12.0. The van der Waals surface area contributed by atoms with E-state index in [1.165, 1.54) is 37.4 Å². The van der Waals surface area contributed by atoms with Crippen molar-refractivity contribution in [3.05, 3.63) is 93.6 Å². The lowest BCUT2D eigenvalue weighted by Gasteiger charge is -2.16. The monoisotopic (exact) mass is 567 g/mol. The first-order valence-electron chi connectivity index (χ1n) is 11.8. The Morgan fingerprint density at radius 2 is 1.67 bits per heavy atom. The molecule has 3 aromatic rings. The fourth-order valence-electron chi connectivity index (χ4n) is 3.75. The second-order valence-electron chi connectivity index (χ2n) is 8.33. The Hall–Kier alpha value is -4.34. The van der Waals surface area contributed by atoms with Crippen molar-refractivity contribution in [3.63, 3.8) is 0 Å². The zero-order valence-corrected chi connectivity index (χ0v) is 22.4. The average Bonchev–Trinajstić information content (AvgIpc) is 3.14. The van der Waals surface area contributed by atoms with E-state index in [2.05, 4.69) is 10.6 Å². The SMILES string of the molecule is CCCOC(=O)c1cccc(N2C(=O)C(Cl)=C(Nc3cccc(C(=O)Nc4cc(Cl)ccc4OC)c3)C2=O)c1. The van der Waals surface area contributed by atoms with Gasteiger partial charge in [-0.25, -0.2) is 9.69 Å². The minimum Gasteiger partial charge on any atom is -0.495 e. The van der Waals surface area contributed by atoms with Crippen LogP contribution in [0.5, 0.6) is 5.75 Å². The number of halogens is 2. The Bertz CT molecular complexity index is 1500. The van der Waals surface area contributed by atoms with Crippen LogP contribution in [0.15, 0.2) is 77.5 Å². The summed E-state index contributed by atoms with van der Waals surface area (Å²) >= 11 is 12.3. The van der Waals surface area contributed by atoms with E-state index in [0.29, 0.717) is 28.6 Å². The van der Waals surface area contributed by atoms with Crippen LogP contribution in [0.4, 0.5) is 17.1 Å². The van der Waals surface area contributed by atoms with Gasteiger partial charge in [-0.3, -0.25) is 14.4 Å². The molecule has 4 rings (SSSR count). The third-order valence-corrected chi connectivity index (χ3v) is 6.19. The van der Waals surface area contributed by atoms with Crippen LogP contribution in [-0.2, 0) is 14.3 Å². The molecule has 3 aromatic carbocycles. The molecular formula is C28H23Cl2N3O6. The molecule has 0 unspecified atom stereocenters. The van der Waals surface area contributed by atoms with Gasteiger partial charge in [0.25, 0.3) is 17.7 Å². The molecule has 0 saturated heterocycles. The van der Waals surface area contributed by atoms with Gasteiger partial charge in [-0.1, -0.05) is 42.3 Å². The number of anilines is 3. The lowest BCUT2D eigenvalue weighted by molar-refractivity contribution is -0.120. The lowest BCUT2D eigenvalue weighted by atomic mass is 10.1. The summed E-state index contributed by atoms with van der Waals surface area (Å²) in [5.41, 5.74) is 1.16. The van der Waals surface area contributed by atoms with Crippen LogP contribution in [0.1, 0.15) is 34.1 Å². The van der Waals surface area contributed by atoms with Crippen LogP contribution in [0.2, 0.25) is 5.02 Å². The van der Waals surface area contributed by atoms with E-state index in [9.17, 15) is 19.2 Å². The Labute approximate surface area is 234 Å². The van der Waals surface area contributed by atoms with Crippen molar-refractivity contribution in [2.24, 2.45) is 0 Å². The Kier molecular flexibility index (Phi) is 8.53. The number of imide groups is 1. The summed E-state index contributed by atoms with van der Waals surface area (Å²) in [6.07, 6.45) is 0.654. The van der Waals surface area contributed by atoms with Gasteiger partial charge >= 0.3 is 5.97 Å². The van der Waals surface area contributed by atoms with Crippen molar-refractivity contribution in [1.29, 1.82) is 0 Å². The number of methoxy groups -OCH3 is 1.